The van der Waals surface area contributed by atoms with Gasteiger partial charge in [0, 0.05) is 37.5 Å². The van der Waals surface area contributed by atoms with Gasteiger partial charge in [0.25, 0.3) is 0 Å². The zero-order valence-corrected chi connectivity index (χ0v) is 16.4. The Morgan fingerprint density at radius 1 is 1.28 bits per heavy atom. The van der Waals surface area contributed by atoms with Crippen LogP contribution in [0.15, 0.2) is 29.3 Å². The summed E-state index contributed by atoms with van der Waals surface area (Å²) in [6.45, 7) is 7.15. The summed E-state index contributed by atoms with van der Waals surface area (Å²) in [5.41, 5.74) is 3.00. The summed E-state index contributed by atoms with van der Waals surface area (Å²) in [5.74, 6) is 0.992. The Labute approximate surface area is 156 Å². The molecule has 2 unspecified atom stereocenters. The van der Waals surface area contributed by atoms with Crippen molar-refractivity contribution in [3.8, 4) is 0 Å². The number of hydrogen-bond donors (Lipinski definition) is 2. The molecular weight excluding hydrogens is 328 g/mol. The summed E-state index contributed by atoms with van der Waals surface area (Å²) in [7, 11) is 0. The van der Waals surface area contributed by atoms with E-state index >= 15 is 0 Å². The highest BCUT2D eigenvalue weighted by molar-refractivity contribution is 7.99. The number of guanidine groups is 1. The van der Waals surface area contributed by atoms with Crippen molar-refractivity contribution >= 4 is 17.7 Å². The zero-order chi connectivity index (χ0) is 17.5. The van der Waals surface area contributed by atoms with Gasteiger partial charge in [-0.1, -0.05) is 24.3 Å². The third kappa shape index (κ3) is 5.38. The van der Waals surface area contributed by atoms with Gasteiger partial charge in [0.1, 0.15) is 0 Å². The van der Waals surface area contributed by atoms with E-state index in [-0.39, 0.29) is 0 Å². The second-order valence-electron chi connectivity index (χ2n) is 7.07. The average molecular weight is 361 g/mol. The van der Waals surface area contributed by atoms with E-state index in [9.17, 15) is 0 Å². The molecule has 1 aliphatic carbocycles. The Morgan fingerprint density at radius 3 is 2.88 bits per heavy atom. The van der Waals surface area contributed by atoms with Crippen LogP contribution in [0.5, 0.6) is 0 Å². The molecule has 0 saturated heterocycles. The van der Waals surface area contributed by atoms with Crippen molar-refractivity contribution in [2.45, 2.75) is 50.4 Å². The van der Waals surface area contributed by atoms with Gasteiger partial charge in [-0.2, -0.15) is 11.8 Å². The summed E-state index contributed by atoms with van der Waals surface area (Å²) >= 11 is 2.00. The predicted molar refractivity (Wildman–Crippen MR) is 109 cm³/mol. The molecule has 4 nitrogen and oxygen atoms in total. The van der Waals surface area contributed by atoms with E-state index in [0.717, 1.165) is 50.4 Å². The van der Waals surface area contributed by atoms with Crippen LogP contribution in [0.2, 0.25) is 0 Å². The Balaban J connectivity index is 1.47. The molecule has 0 bridgehead atoms. The number of benzene rings is 1. The second-order valence-corrected chi connectivity index (χ2v) is 8.21. The third-order valence-electron chi connectivity index (χ3n) is 5.30. The molecule has 25 heavy (non-hydrogen) atoms. The van der Waals surface area contributed by atoms with Gasteiger partial charge in [-0.3, -0.25) is 9.89 Å². The first-order valence-corrected chi connectivity index (χ1v) is 10.9. The highest BCUT2D eigenvalue weighted by Crippen LogP contribution is 2.28. The molecule has 2 atom stereocenters. The summed E-state index contributed by atoms with van der Waals surface area (Å²) < 4.78 is 0. The predicted octanol–water partition coefficient (Wildman–Crippen LogP) is 2.88. The maximum absolute atomic E-state index is 4.82. The van der Waals surface area contributed by atoms with E-state index < -0.39 is 0 Å². The van der Waals surface area contributed by atoms with E-state index in [0.29, 0.717) is 6.04 Å². The van der Waals surface area contributed by atoms with Crippen molar-refractivity contribution in [1.29, 1.82) is 0 Å². The van der Waals surface area contributed by atoms with Crippen molar-refractivity contribution in [2.24, 2.45) is 4.99 Å². The van der Waals surface area contributed by atoms with Crippen molar-refractivity contribution in [3.05, 3.63) is 35.4 Å². The van der Waals surface area contributed by atoms with Gasteiger partial charge in [0.2, 0.25) is 0 Å². The number of nitrogens with one attached hydrogen (secondary N) is 2. The van der Waals surface area contributed by atoms with Gasteiger partial charge < -0.3 is 10.6 Å². The molecule has 2 aliphatic rings. The van der Waals surface area contributed by atoms with E-state index in [4.69, 9.17) is 4.99 Å². The topological polar surface area (TPSA) is 39.7 Å². The summed E-state index contributed by atoms with van der Waals surface area (Å²) in [6, 6.07) is 9.41. The van der Waals surface area contributed by atoms with Gasteiger partial charge in [0.15, 0.2) is 5.96 Å². The number of fused-ring (bicyclic) bond motifs is 1. The third-order valence-corrected chi connectivity index (χ3v) is 6.39. The highest BCUT2D eigenvalue weighted by Gasteiger charge is 2.24. The van der Waals surface area contributed by atoms with Gasteiger partial charge in [0.05, 0.1) is 6.54 Å². The molecule has 3 rings (SSSR count). The fourth-order valence-corrected chi connectivity index (χ4v) is 4.64. The Bertz CT molecular complexity index is 575. The van der Waals surface area contributed by atoms with Crippen LogP contribution in [0.3, 0.4) is 0 Å². The molecule has 138 valence electrons. The number of thioether (sulfide) groups is 1. The quantitative estimate of drug-likeness (QED) is 0.604. The normalized spacial score (nSPS) is 24.2. The van der Waals surface area contributed by atoms with Crippen LogP contribution in [-0.4, -0.2) is 54.6 Å². The number of aliphatic imine (C=N–C) groups is 1. The monoisotopic (exact) mass is 360 g/mol. The molecule has 1 aromatic rings. The first-order chi connectivity index (χ1) is 12.3. The molecule has 1 aliphatic heterocycles. The lowest BCUT2D eigenvalue weighted by atomic mass is 10.0. The van der Waals surface area contributed by atoms with E-state index in [1.807, 2.05) is 11.8 Å². The minimum atomic E-state index is 0.581. The molecule has 1 aromatic carbocycles. The van der Waals surface area contributed by atoms with Crippen molar-refractivity contribution in [3.63, 3.8) is 0 Å². The van der Waals surface area contributed by atoms with Gasteiger partial charge in [-0.25, -0.2) is 0 Å². The van der Waals surface area contributed by atoms with Crippen LogP contribution >= 0.6 is 11.8 Å². The second kappa shape index (κ2) is 9.48. The SMILES string of the molecule is CCNC(=NCCN1CCc2ccccc2C1)NC1CCC(SC)C1. The van der Waals surface area contributed by atoms with Crippen molar-refractivity contribution < 1.29 is 0 Å². The minimum Gasteiger partial charge on any atom is -0.357 e. The maximum atomic E-state index is 4.82. The van der Waals surface area contributed by atoms with Crippen LogP contribution in [0.25, 0.3) is 0 Å². The molecule has 5 heteroatoms. The summed E-state index contributed by atoms with van der Waals surface area (Å²) in [5, 5.41) is 7.86. The number of hydrogen-bond acceptors (Lipinski definition) is 3. The first-order valence-electron chi connectivity index (χ1n) is 9.65. The lowest BCUT2D eigenvalue weighted by molar-refractivity contribution is 0.261. The van der Waals surface area contributed by atoms with Crippen LogP contribution in [-0.2, 0) is 13.0 Å². The highest BCUT2D eigenvalue weighted by atomic mass is 32.2. The van der Waals surface area contributed by atoms with Crippen LogP contribution < -0.4 is 10.6 Å². The van der Waals surface area contributed by atoms with Gasteiger partial charge in [-0.05, 0) is 50.0 Å². The van der Waals surface area contributed by atoms with E-state index in [1.165, 1.54) is 30.4 Å². The van der Waals surface area contributed by atoms with Gasteiger partial charge >= 0.3 is 0 Å². The zero-order valence-electron chi connectivity index (χ0n) is 15.6. The molecule has 0 spiro atoms. The van der Waals surface area contributed by atoms with Crippen LogP contribution in [0.4, 0.5) is 0 Å². The lowest BCUT2D eigenvalue weighted by Gasteiger charge is -2.28. The number of nitrogens with zero attached hydrogens (tertiary/aromatic N) is 2. The Morgan fingerprint density at radius 2 is 2.12 bits per heavy atom. The summed E-state index contributed by atoms with van der Waals surface area (Å²) in [6.07, 6.45) is 7.23. The molecule has 2 N–H and O–H groups in total. The smallest absolute Gasteiger partial charge is 0.191 e. The van der Waals surface area contributed by atoms with Crippen LogP contribution in [0, 0.1) is 0 Å². The largest absolute Gasteiger partial charge is 0.357 e. The average Bonchev–Trinajstić information content (AvgIpc) is 3.09. The number of rotatable bonds is 6. The van der Waals surface area contributed by atoms with Crippen LogP contribution in [0.1, 0.15) is 37.3 Å². The molecule has 1 fully saturated rings. The molecule has 0 amide bonds. The lowest BCUT2D eigenvalue weighted by Crippen LogP contribution is -2.43. The molecule has 1 saturated carbocycles. The van der Waals surface area contributed by atoms with Crippen molar-refractivity contribution in [1.82, 2.24) is 15.5 Å². The fraction of sp³-hybridized carbons (Fsp3) is 0.650. The molecule has 0 radical (unpaired) electrons. The fourth-order valence-electron chi connectivity index (χ4n) is 3.85. The Kier molecular flexibility index (Phi) is 7.05. The standard InChI is InChI=1S/C20H32N4S/c1-3-21-20(23-18-8-9-19(14-18)25-2)22-11-13-24-12-10-16-6-4-5-7-17(16)15-24/h4-7,18-19H,3,8-15H2,1-2H3,(H2,21,22,23). The molecule has 0 aromatic heterocycles. The molecule has 1 heterocycles. The van der Waals surface area contributed by atoms with E-state index in [2.05, 4.69) is 53.0 Å². The summed E-state index contributed by atoms with van der Waals surface area (Å²) in [4.78, 5) is 7.35. The Hall–Kier alpha value is -1.20. The minimum absolute atomic E-state index is 0.581. The van der Waals surface area contributed by atoms with E-state index in [1.54, 1.807) is 0 Å². The maximum Gasteiger partial charge on any atom is 0.191 e. The first kappa shape index (κ1) is 18.6. The molecular formula is C20H32N4S. The van der Waals surface area contributed by atoms with Gasteiger partial charge in [-0.15, -0.1) is 0 Å². The van der Waals surface area contributed by atoms with Crippen molar-refractivity contribution in [2.75, 3.05) is 32.4 Å².